The molecule has 48 valence electrons. The lowest BCUT2D eigenvalue weighted by atomic mass is 10.1. The molecule has 8 heavy (non-hydrogen) atoms. The highest BCUT2D eigenvalue weighted by Gasteiger charge is 2.51. The monoisotopic (exact) mass is 118 g/mol. The minimum absolute atomic E-state index is 0.00176. The Morgan fingerprint density at radius 2 is 2.25 bits per heavy atom. The minimum Gasteiger partial charge on any atom is -0.394 e. The van der Waals surface area contributed by atoms with Crippen molar-refractivity contribution in [2.24, 2.45) is 0 Å². The Morgan fingerprint density at radius 3 is 2.38 bits per heavy atom. The number of aliphatic hydroxyl groups is 2. The van der Waals surface area contributed by atoms with E-state index in [1.54, 1.807) is 6.92 Å². The van der Waals surface area contributed by atoms with Crippen LogP contribution in [0.1, 0.15) is 6.92 Å². The van der Waals surface area contributed by atoms with Gasteiger partial charge in [-0.1, -0.05) is 0 Å². The molecule has 0 unspecified atom stereocenters. The maximum Gasteiger partial charge on any atom is 0.117 e. The molecule has 1 aliphatic heterocycles. The molecule has 1 fully saturated rings. The molecule has 0 aromatic rings. The van der Waals surface area contributed by atoms with Crippen molar-refractivity contribution in [3.05, 3.63) is 0 Å². The van der Waals surface area contributed by atoms with E-state index in [-0.39, 0.29) is 19.3 Å². The Hall–Kier alpha value is -0.120. The van der Waals surface area contributed by atoms with Crippen molar-refractivity contribution in [1.29, 1.82) is 0 Å². The van der Waals surface area contributed by atoms with Crippen LogP contribution >= 0.6 is 0 Å². The van der Waals surface area contributed by atoms with E-state index in [2.05, 4.69) is 0 Å². The second-order valence-electron chi connectivity index (χ2n) is 2.26. The van der Waals surface area contributed by atoms with E-state index in [0.29, 0.717) is 0 Å². The lowest BCUT2D eigenvalue weighted by molar-refractivity contribution is 0.182. The summed E-state index contributed by atoms with van der Waals surface area (Å²) in [5.41, 5.74) is -0.436. The van der Waals surface area contributed by atoms with Crippen LogP contribution in [-0.2, 0) is 4.74 Å². The van der Waals surface area contributed by atoms with Crippen molar-refractivity contribution < 1.29 is 14.9 Å². The Morgan fingerprint density at radius 1 is 1.62 bits per heavy atom. The minimum atomic E-state index is -0.436. The predicted octanol–water partition coefficient (Wildman–Crippen LogP) is -0.872. The van der Waals surface area contributed by atoms with Crippen molar-refractivity contribution in [2.75, 3.05) is 13.2 Å². The molecular weight excluding hydrogens is 108 g/mol. The number of hydrogen-bond donors (Lipinski definition) is 2. The van der Waals surface area contributed by atoms with Gasteiger partial charge in [0.25, 0.3) is 0 Å². The molecule has 0 spiro atoms. The first kappa shape index (κ1) is 6.01. The second-order valence-corrected chi connectivity index (χ2v) is 2.26. The smallest absolute Gasteiger partial charge is 0.117 e. The van der Waals surface area contributed by atoms with E-state index < -0.39 is 5.60 Å². The Balaban J connectivity index is 2.31. The summed E-state index contributed by atoms with van der Waals surface area (Å²) in [5.74, 6) is 0. The third-order valence-electron chi connectivity index (χ3n) is 1.52. The van der Waals surface area contributed by atoms with Crippen molar-refractivity contribution >= 4 is 0 Å². The molecule has 0 aliphatic carbocycles. The van der Waals surface area contributed by atoms with Gasteiger partial charge >= 0.3 is 0 Å². The van der Waals surface area contributed by atoms with Gasteiger partial charge in [-0.05, 0) is 6.92 Å². The van der Waals surface area contributed by atoms with Gasteiger partial charge in [0.2, 0.25) is 0 Å². The van der Waals surface area contributed by atoms with Crippen LogP contribution in [0.15, 0.2) is 0 Å². The number of ether oxygens (including phenoxy) is 1. The molecule has 1 rings (SSSR count). The van der Waals surface area contributed by atoms with Crippen molar-refractivity contribution in [1.82, 2.24) is 0 Å². The van der Waals surface area contributed by atoms with Crippen LogP contribution in [-0.4, -0.2) is 35.1 Å². The number of hydrogen-bond acceptors (Lipinski definition) is 3. The molecular formula is C5H10O3. The topological polar surface area (TPSA) is 53.0 Å². The van der Waals surface area contributed by atoms with Crippen LogP contribution in [0.4, 0.5) is 0 Å². The van der Waals surface area contributed by atoms with Crippen LogP contribution in [0.3, 0.4) is 0 Å². The lowest BCUT2D eigenvalue weighted by Gasteiger charge is -1.95. The highest BCUT2D eigenvalue weighted by molar-refractivity contribution is 4.97. The van der Waals surface area contributed by atoms with Crippen molar-refractivity contribution in [3.8, 4) is 0 Å². The van der Waals surface area contributed by atoms with Gasteiger partial charge in [0, 0.05) is 0 Å². The maximum atomic E-state index is 8.53. The van der Waals surface area contributed by atoms with Crippen molar-refractivity contribution in [2.45, 2.75) is 18.6 Å². The molecule has 0 saturated carbocycles. The third kappa shape index (κ3) is 0.727. The standard InChI is InChI=1S/C5H10O3/c1-5(3-7)4(2-6)8-5/h4,6-7H,2-3H2,1H3/t4-,5+/m1/s1. The predicted molar refractivity (Wildman–Crippen MR) is 27.4 cm³/mol. The Labute approximate surface area is 47.9 Å². The van der Waals surface area contributed by atoms with E-state index in [1.165, 1.54) is 0 Å². The molecule has 1 aliphatic rings. The summed E-state index contributed by atoms with van der Waals surface area (Å²) < 4.78 is 4.90. The number of rotatable bonds is 2. The molecule has 2 atom stereocenters. The summed E-state index contributed by atoms with van der Waals surface area (Å²) >= 11 is 0. The van der Waals surface area contributed by atoms with E-state index in [9.17, 15) is 0 Å². The quantitative estimate of drug-likeness (QED) is 0.463. The highest BCUT2D eigenvalue weighted by Crippen LogP contribution is 2.34. The fraction of sp³-hybridized carbons (Fsp3) is 1.00. The van der Waals surface area contributed by atoms with Gasteiger partial charge in [0.15, 0.2) is 0 Å². The average Bonchev–Trinajstić information content (AvgIpc) is 2.44. The summed E-state index contributed by atoms with van der Waals surface area (Å²) in [7, 11) is 0. The van der Waals surface area contributed by atoms with Gasteiger partial charge in [0.05, 0.1) is 13.2 Å². The number of epoxide rings is 1. The Kier molecular flexibility index (Phi) is 1.27. The molecule has 1 heterocycles. The first-order valence-corrected chi connectivity index (χ1v) is 2.62. The van der Waals surface area contributed by atoms with Crippen LogP contribution in [0, 0.1) is 0 Å². The Bertz CT molecular complexity index is 93.7. The molecule has 0 bridgehead atoms. The first-order chi connectivity index (χ1) is 3.73. The molecule has 3 heteroatoms. The highest BCUT2D eigenvalue weighted by atomic mass is 16.6. The molecule has 0 aromatic heterocycles. The van der Waals surface area contributed by atoms with Gasteiger partial charge in [-0.2, -0.15) is 0 Å². The van der Waals surface area contributed by atoms with Crippen LogP contribution in [0.25, 0.3) is 0 Å². The van der Waals surface area contributed by atoms with Gasteiger partial charge < -0.3 is 14.9 Å². The zero-order valence-electron chi connectivity index (χ0n) is 4.79. The van der Waals surface area contributed by atoms with E-state index in [4.69, 9.17) is 14.9 Å². The molecule has 3 nitrogen and oxygen atoms in total. The molecule has 1 saturated heterocycles. The molecule has 0 amide bonds. The molecule has 0 aromatic carbocycles. The largest absolute Gasteiger partial charge is 0.394 e. The maximum absolute atomic E-state index is 8.53. The van der Waals surface area contributed by atoms with E-state index >= 15 is 0 Å². The van der Waals surface area contributed by atoms with Crippen LogP contribution < -0.4 is 0 Å². The summed E-state index contributed by atoms with van der Waals surface area (Å²) in [6, 6.07) is 0. The van der Waals surface area contributed by atoms with Gasteiger partial charge in [-0.25, -0.2) is 0 Å². The van der Waals surface area contributed by atoms with E-state index in [1.807, 2.05) is 0 Å². The first-order valence-electron chi connectivity index (χ1n) is 2.62. The summed E-state index contributed by atoms with van der Waals surface area (Å²) in [6.07, 6.45) is -0.132. The molecule has 0 radical (unpaired) electrons. The van der Waals surface area contributed by atoms with E-state index in [0.717, 1.165) is 0 Å². The van der Waals surface area contributed by atoms with Gasteiger partial charge in [-0.15, -0.1) is 0 Å². The fourth-order valence-electron chi connectivity index (χ4n) is 0.660. The van der Waals surface area contributed by atoms with Gasteiger partial charge in [-0.3, -0.25) is 0 Å². The summed E-state index contributed by atoms with van der Waals surface area (Å²) in [4.78, 5) is 0. The average molecular weight is 118 g/mol. The summed E-state index contributed by atoms with van der Waals surface area (Å²) in [6.45, 7) is 1.78. The normalized spacial score (nSPS) is 44.6. The van der Waals surface area contributed by atoms with Crippen LogP contribution in [0.5, 0.6) is 0 Å². The zero-order chi connectivity index (χ0) is 6.20. The van der Waals surface area contributed by atoms with Crippen molar-refractivity contribution in [3.63, 3.8) is 0 Å². The number of aliphatic hydroxyl groups excluding tert-OH is 2. The fourth-order valence-corrected chi connectivity index (χ4v) is 0.660. The van der Waals surface area contributed by atoms with Crippen LogP contribution in [0.2, 0.25) is 0 Å². The third-order valence-corrected chi connectivity index (χ3v) is 1.52. The lowest BCUT2D eigenvalue weighted by Crippen LogP contribution is -2.16. The zero-order valence-corrected chi connectivity index (χ0v) is 4.79. The second kappa shape index (κ2) is 1.69. The van der Waals surface area contributed by atoms with Gasteiger partial charge in [0.1, 0.15) is 11.7 Å². The molecule has 2 N–H and O–H groups in total. The SMILES string of the molecule is C[C@@]1(CO)O[C@@H]1CO. The summed E-state index contributed by atoms with van der Waals surface area (Å²) in [5, 5.41) is 17.0.